The van der Waals surface area contributed by atoms with E-state index in [1.54, 1.807) is 12.4 Å². The summed E-state index contributed by atoms with van der Waals surface area (Å²) in [6, 6.07) is 3.68. The van der Waals surface area contributed by atoms with Crippen LogP contribution in [-0.4, -0.2) is 14.5 Å². The molecule has 5 nitrogen and oxygen atoms in total. The molecule has 0 aliphatic heterocycles. The van der Waals surface area contributed by atoms with Gasteiger partial charge in [-0.2, -0.15) is 0 Å². The number of nitrogens with zero attached hydrogens (tertiary/aromatic N) is 3. The summed E-state index contributed by atoms with van der Waals surface area (Å²) in [5, 5.41) is 0. The molecule has 5 heteroatoms. The van der Waals surface area contributed by atoms with Crippen molar-refractivity contribution in [3.05, 3.63) is 36.4 Å². The number of aryl methyl sites for hydroxylation is 1. The first-order valence-electron chi connectivity index (χ1n) is 5.14. The Bertz CT molecular complexity index is 452. The van der Waals surface area contributed by atoms with E-state index in [2.05, 4.69) is 9.97 Å². The SMILES string of the molecule is CCn1cc(COc2cccnc2)nc1N. The van der Waals surface area contributed by atoms with Crippen molar-refractivity contribution >= 4 is 5.95 Å². The highest BCUT2D eigenvalue weighted by Gasteiger charge is 2.03. The lowest BCUT2D eigenvalue weighted by Crippen LogP contribution is -1.98. The molecule has 0 saturated carbocycles. The summed E-state index contributed by atoms with van der Waals surface area (Å²) >= 11 is 0. The third-order valence-electron chi connectivity index (χ3n) is 2.22. The van der Waals surface area contributed by atoms with Crippen LogP contribution in [0.3, 0.4) is 0 Å². The molecule has 2 heterocycles. The van der Waals surface area contributed by atoms with E-state index in [4.69, 9.17) is 10.5 Å². The van der Waals surface area contributed by atoms with Crippen molar-refractivity contribution in [2.75, 3.05) is 5.73 Å². The van der Waals surface area contributed by atoms with Crippen molar-refractivity contribution in [2.45, 2.75) is 20.1 Å². The quantitative estimate of drug-likeness (QED) is 0.843. The van der Waals surface area contributed by atoms with E-state index in [-0.39, 0.29) is 0 Å². The second-order valence-corrected chi connectivity index (χ2v) is 3.35. The van der Waals surface area contributed by atoms with Gasteiger partial charge in [0.1, 0.15) is 12.4 Å². The summed E-state index contributed by atoms with van der Waals surface area (Å²) in [4.78, 5) is 8.15. The maximum atomic E-state index is 5.70. The lowest BCUT2D eigenvalue weighted by atomic mass is 10.4. The predicted octanol–water partition coefficient (Wildman–Crippen LogP) is 1.46. The van der Waals surface area contributed by atoms with Crippen LogP contribution in [0.25, 0.3) is 0 Å². The molecule has 84 valence electrons. The fourth-order valence-electron chi connectivity index (χ4n) is 1.40. The molecular weight excluding hydrogens is 204 g/mol. The monoisotopic (exact) mass is 218 g/mol. The third kappa shape index (κ3) is 2.31. The number of hydrogen-bond acceptors (Lipinski definition) is 4. The Morgan fingerprint density at radius 3 is 3.00 bits per heavy atom. The van der Waals surface area contributed by atoms with Crippen LogP contribution in [-0.2, 0) is 13.2 Å². The molecule has 0 bridgehead atoms. The molecule has 0 unspecified atom stereocenters. The van der Waals surface area contributed by atoms with Crippen molar-refractivity contribution in [1.82, 2.24) is 14.5 Å². The molecule has 0 aromatic carbocycles. The number of hydrogen-bond donors (Lipinski definition) is 1. The van der Waals surface area contributed by atoms with Gasteiger partial charge in [-0.1, -0.05) is 0 Å². The highest BCUT2D eigenvalue weighted by atomic mass is 16.5. The molecule has 0 fully saturated rings. The zero-order valence-corrected chi connectivity index (χ0v) is 9.13. The molecule has 0 spiro atoms. The molecule has 2 rings (SSSR count). The zero-order valence-electron chi connectivity index (χ0n) is 9.13. The topological polar surface area (TPSA) is 66.0 Å². The van der Waals surface area contributed by atoms with Gasteiger partial charge in [0.15, 0.2) is 5.95 Å². The normalized spacial score (nSPS) is 10.3. The first-order valence-corrected chi connectivity index (χ1v) is 5.14. The van der Waals surface area contributed by atoms with Gasteiger partial charge < -0.3 is 15.0 Å². The second-order valence-electron chi connectivity index (χ2n) is 3.35. The molecule has 0 saturated heterocycles. The minimum atomic E-state index is 0.406. The van der Waals surface area contributed by atoms with Crippen LogP contribution >= 0.6 is 0 Å². The van der Waals surface area contributed by atoms with E-state index in [0.29, 0.717) is 12.6 Å². The van der Waals surface area contributed by atoms with Crippen LogP contribution in [0.15, 0.2) is 30.7 Å². The van der Waals surface area contributed by atoms with Gasteiger partial charge in [0.2, 0.25) is 0 Å². The maximum absolute atomic E-state index is 5.70. The van der Waals surface area contributed by atoms with Crippen molar-refractivity contribution in [1.29, 1.82) is 0 Å². The number of nitrogens with two attached hydrogens (primary N) is 1. The van der Waals surface area contributed by atoms with E-state index >= 15 is 0 Å². The summed E-state index contributed by atoms with van der Waals surface area (Å²) in [5.74, 6) is 1.25. The lowest BCUT2D eigenvalue weighted by molar-refractivity contribution is 0.300. The summed E-state index contributed by atoms with van der Waals surface area (Å²) in [5.41, 5.74) is 6.53. The molecule has 0 atom stereocenters. The zero-order chi connectivity index (χ0) is 11.4. The first-order chi connectivity index (χ1) is 7.79. The van der Waals surface area contributed by atoms with Gasteiger partial charge in [0, 0.05) is 18.9 Å². The molecule has 0 radical (unpaired) electrons. The van der Waals surface area contributed by atoms with Crippen LogP contribution in [0, 0.1) is 0 Å². The second kappa shape index (κ2) is 4.65. The Morgan fingerprint density at radius 2 is 2.38 bits per heavy atom. The van der Waals surface area contributed by atoms with Gasteiger partial charge in [-0.25, -0.2) is 4.98 Å². The van der Waals surface area contributed by atoms with Gasteiger partial charge in [-0.05, 0) is 19.1 Å². The highest BCUT2D eigenvalue weighted by Crippen LogP contribution is 2.11. The maximum Gasteiger partial charge on any atom is 0.200 e. The third-order valence-corrected chi connectivity index (χ3v) is 2.22. The van der Waals surface area contributed by atoms with Crippen LogP contribution in [0.5, 0.6) is 5.75 Å². The van der Waals surface area contributed by atoms with Crippen molar-refractivity contribution in [3.8, 4) is 5.75 Å². The number of rotatable bonds is 4. The molecule has 2 aromatic rings. The first kappa shape index (κ1) is 10.5. The Morgan fingerprint density at radius 1 is 1.50 bits per heavy atom. The Labute approximate surface area is 93.9 Å². The largest absolute Gasteiger partial charge is 0.486 e. The lowest BCUT2D eigenvalue weighted by Gasteiger charge is -2.01. The molecule has 0 amide bonds. The molecule has 0 aliphatic rings. The van der Waals surface area contributed by atoms with E-state index < -0.39 is 0 Å². The predicted molar refractivity (Wildman–Crippen MR) is 60.9 cm³/mol. The van der Waals surface area contributed by atoms with Crippen LogP contribution in [0.1, 0.15) is 12.6 Å². The minimum absolute atomic E-state index is 0.406. The number of imidazole rings is 1. The average Bonchev–Trinajstić information content (AvgIpc) is 2.69. The molecule has 2 N–H and O–H groups in total. The molecule has 2 aromatic heterocycles. The fraction of sp³-hybridized carbons (Fsp3) is 0.273. The summed E-state index contributed by atoms with van der Waals surface area (Å²) in [6.07, 6.45) is 5.27. The van der Waals surface area contributed by atoms with Crippen LogP contribution in [0.2, 0.25) is 0 Å². The summed E-state index contributed by atoms with van der Waals surface area (Å²) in [7, 11) is 0. The fourth-order valence-corrected chi connectivity index (χ4v) is 1.40. The Kier molecular flexibility index (Phi) is 3.05. The Balaban J connectivity index is 2.00. The van der Waals surface area contributed by atoms with Crippen molar-refractivity contribution in [2.24, 2.45) is 0 Å². The summed E-state index contributed by atoms with van der Waals surface area (Å²) < 4.78 is 7.39. The summed E-state index contributed by atoms with van der Waals surface area (Å²) in [6.45, 7) is 3.23. The van der Waals surface area contributed by atoms with Crippen molar-refractivity contribution in [3.63, 3.8) is 0 Å². The van der Waals surface area contributed by atoms with Crippen LogP contribution < -0.4 is 10.5 Å². The minimum Gasteiger partial charge on any atom is -0.486 e. The van der Waals surface area contributed by atoms with Crippen LogP contribution in [0.4, 0.5) is 5.95 Å². The number of anilines is 1. The van der Waals surface area contributed by atoms with Crippen molar-refractivity contribution < 1.29 is 4.74 Å². The smallest absolute Gasteiger partial charge is 0.200 e. The van der Waals surface area contributed by atoms with E-state index in [9.17, 15) is 0 Å². The Hall–Kier alpha value is -2.04. The standard InChI is InChI=1S/C11H14N4O/c1-2-15-7-9(14-11(15)12)8-16-10-4-3-5-13-6-10/h3-7H,2,8H2,1H3,(H2,12,14). The van der Waals surface area contributed by atoms with E-state index in [1.165, 1.54) is 0 Å². The van der Waals surface area contributed by atoms with Gasteiger partial charge >= 0.3 is 0 Å². The number of pyridine rings is 1. The average molecular weight is 218 g/mol. The van der Waals surface area contributed by atoms with Gasteiger partial charge in [-0.3, -0.25) is 4.98 Å². The number of nitrogen functional groups attached to an aromatic ring is 1. The van der Waals surface area contributed by atoms with Gasteiger partial charge in [-0.15, -0.1) is 0 Å². The van der Waals surface area contributed by atoms with Gasteiger partial charge in [0.25, 0.3) is 0 Å². The molecule has 0 aliphatic carbocycles. The number of aromatic nitrogens is 3. The molecule has 16 heavy (non-hydrogen) atoms. The van der Waals surface area contributed by atoms with E-state index in [1.807, 2.05) is 29.8 Å². The molecular formula is C11H14N4O. The highest BCUT2D eigenvalue weighted by molar-refractivity contribution is 5.22. The van der Waals surface area contributed by atoms with E-state index in [0.717, 1.165) is 18.0 Å². The van der Waals surface area contributed by atoms with Gasteiger partial charge in [0.05, 0.1) is 11.9 Å². The number of ether oxygens (including phenoxy) is 1.